The number of aromatic nitrogens is 2. The summed E-state index contributed by atoms with van der Waals surface area (Å²) >= 11 is 5.81. The molecule has 11 nitrogen and oxygen atoms in total. The van der Waals surface area contributed by atoms with Gasteiger partial charge in [0.1, 0.15) is 24.0 Å². The summed E-state index contributed by atoms with van der Waals surface area (Å²) in [4.78, 5) is 32.7. The number of carbonyl (C=O) groups excluding carboxylic acids is 2. The number of anilines is 2. The fourth-order valence-corrected chi connectivity index (χ4v) is 3.46. The van der Waals surface area contributed by atoms with E-state index in [0.29, 0.717) is 12.3 Å². The van der Waals surface area contributed by atoms with E-state index in [2.05, 4.69) is 25.9 Å². The molecule has 1 heterocycles. The maximum absolute atomic E-state index is 12.6. The number of hydrogen-bond acceptors (Lipinski definition) is 9. The number of nitrogens with two attached hydrogens (primary N) is 2. The van der Waals surface area contributed by atoms with Gasteiger partial charge in [-0.1, -0.05) is 48.0 Å². The lowest BCUT2D eigenvalue weighted by Gasteiger charge is -2.25. The summed E-state index contributed by atoms with van der Waals surface area (Å²) in [5.74, 6) is -0.726. The minimum absolute atomic E-state index is 0. The van der Waals surface area contributed by atoms with Crippen LogP contribution in [0.25, 0.3) is 10.8 Å². The molecule has 37 heavy (non-hydrogen) atoms. The molecule has 1 atom stereocenters. The number of ether oxygens (including phenoxy) is 1. The van der Waals surface area contributed by atoms with Crippen molar-refractivity contribution in [1.29, 1.82) is 0 Å². The Balaban J connectivity index is 0.00000481. The number of aliphatic hydroxyl groups is 1. The number of nitrogens with zero attached hydrogens (tertiary/aromatic N) is 2. The van der Waals surface area contributed by atoms with Gasteiger partial charge in [0.15, 0.2) is 22.5 Å². The highest BCUT2D eigenvalue weighted by atomic mass is 35.5. The zero-order valence-corrected chi connectivity index (χ0v) is 22.0. The Hall–Kier alpha value is -3.38. The summed E-state index contributed by atoms with van der Waals surface area (Å²) in [6.45, 7) is 4.12. The van der Waals surface area contributed by atoms with Crippen molar-refractivity contribution < 1.29 is 19.4 Å². The van der Waals surface area contributed by atoms with Crippen molar-refractivity contribution in [3.8, 4) is 5.75 Å². The van der Waals surface area contributed by atoms with Crippen molar-refractivity contribution in [3.05, 3.63) is 53.3 Å². The fourth-order valence-electron chi connectivity index (χ4n) is 3.33. The monoisotopic (exact) mass is 551 g/mol. The molecule has 1 aromatic heterocycles. The van der Waals surface area contributed by atoms with E-state index in [-0.39, 0.29) is 54.6 Å². The Kier molecular flexibility index (Phi) is 10.7. The van der Waals surface area contributed by atoms with Gasteiger partial charge in [-0.2, -0.15) is 0 Å². The second-order valence-electron chi connectivity index (χ2n) is 8.61. The molecule has 0 fully saturated rings. The van der Waals surface area contributed by atoms with Crippen LogP contribution < -0.4 is 32.2 Å². The van der Waals surface area contributed by atoms with Crippen LogP contribution in [-0.4, -0.2) is 64.8 Å². The summed E-state index contributed by atoms with van der Waals surface area (Å²) < 4.78 is 5.78. The first-order valence-electron chi connectivity index (χ1n) is 11.3. The predicted octanol–water partition coefficient (Wildman–Crippen LogP) is 1.52. The van der Waals surface area contributed by atoms with Gasteiger partial charge >= 0.3 is 0 Å². The third-order valence-electron chi connectivity index (χ3n) is 5.26. The van der Waals surface area contributed by atoms with Crippen molar-refractivity contribution in [2.75, 3.05) is 37.7 Å². The summed E-state index contributed by atoms with van der Waals surface area (Å²) in [7, 11) is 0. The fraction of sp³-hybridized carbons (Fsp3) is 0.333. The largest absolute Gasteiger partial charge is 0.490 e. The number of halogens is 2. The SMILES string of the molecule is CC(C)(NC(=O)c1nc(Cl)c(N)nc1N)C(=O)NCCNC[C@H](O)COc1cccc2ccccc12.Cl. The van der Waals surface area contributed by atoms with Crippen LogP contribution in [0.1, 0.15) is 24.3 Å². The number of amides is 2. The van der Waals surface area contributed by atoms with Crippen LogP contribution in [0.5, 0.6) is 5.75 Å². The maximum atomic E-state index is 12.6. The molecule has 2 amide bonds. The molecule has 0 bridgehead atoms. The number of fused-ring (bicyclic) bond motifs is 1. The Morgan fingerprint density at radius 3 is 2.54 bits per heavy atom. The molecule has 0 saturated heterocycles. The van der Waals surface area contributed by atoms with Crippen LogP contribution in [0, 0.1) is 0 Å². The van der Waals surface area contributed by atoms with Crippen LogP contribution in [-0.2, 0) is 4.79 Å². The molecule has 3 rings (SSSR count). The number of hydrogen-bond donors (Lipinski definition) is 6. The van der Waals surface area contributed by atoms with E-state index in [1.54, 1.807) is 0 Å². The molecular weight excluding hydrogens is 521 g/mol. The predicted molar refractivity (Wildman–Crippen MR) is 146 cm³/mol. The van der Waals surface area contributed by atoms with Crippen LogP contribution in [0.2, 0.25) is 5.15 Å². The zero-order chi connectivity index (χ0) is 26.3. The molecule has 0 radical (unpaired) electrons. The molecule has 0 aliphatic heterocycles. The average molecular weight is 552 g/mol. The first kappa shape index (κ1) is 29.8. The highest BCUT2D eigenvalue weighted by Crippen LogP contribution is 2.25. The summed E-state index contributed by atoms with van der Waals surface area (Å²) in [5.41, 5.74) is 9.71. The Morgan fingerprint density at radius 2 is 1.78 bits per heavy atom. The number of rotatable bonds is 11. The molecule has 200 valence electrons. The van der Waals surface area contributed by atoms with Crippen LogP contribution >= 0.6 is 24.0 Å². The lowest BCUT2D eigenvalue weighted by Crippen LogP contribution is -2.55. The number of nitrogen functional groups attached to an aromatic ring is 2. The quantitative estimate of drug-likeness (QED) is 0.193. The molecule has 0 saturated carbocycles. The zero-order valence-electron chi connectivity index (χ0n) is 20.5. The molecule has 8 N–H and O–H groups in total. The van der Waals surface area contributed by atoms with Crippen LogP contribution in [0.3, 0.4) is 0 Å². The Morgan fingerprint density at radius 1 is 1.08 bits per heavy atom. The summed E-state index contributed by atoms with van der Waals surface area (Å²) in [5, 5.41) is 20.4. The molecule has 0 aliphatic rings. The topological polar surface area (TPSA) is 178 Å². The van der Waals surface area contributed by atoms with Gasteiger partial charge in [-0.25, -0.2) is 9.97 Å². The van der Waals surface area contributed by atoms with Crippen molar-refractivity contribution in [2.24, 2.45) is 0 Å². The standard InChI is InChI=1S/C24H30ClN7O4.ClH/c1-24(2,32-22(34)18-20(26)31-21(27)19(25)30-18)23(35)29-11-10-28-12-15(33)13-36-17-9-5-7-14-6-3-4-8-16(14)17;/h3-9,15,28,33H,10-13H2,1-2H3,(H,29,35)(H,32,34)(H4,26,27,31);1H/t15-;/m0./s1. The van der Waals surface area contributed by atoms with Gasteiger partial charge in [0, 0.05) is 25.0 Å². The second-order valence-corrected chi connectivity index (χ2v) is 8.97. The van der Waals surface area contributed by atoms with Crippen molar-refractivity contribution in [2.45, 2.75) is 25.5 Å². The van der Waals surface area contributed by atoms with E-state index in [9.17, 15) is 14.7 Å². The lowest BCUT2D eigenvalue weighted by atomic mass is 10.0. The average Bonchev–Trinajstić information content (AvgIpc) is 2.84. The van der Waals surface area contributed by atoms with Crippen molar-refractivity contribution in [1.82, 2.24) is 25.9 Å². The summed E-state index contributed by atoms with van der Waals surface area (Å²) in [6.07, 6.45) is -0.742. The second kappa shape index (κ2) is 13.2. The van der Waals surface area contributed by atoms with Gasteiger partial charge in [0.25, 0.3) is 5.91 Å². The van der Waals surface area contributed by atoms with E-state index >= 15 is 0 Å². The van der Waals surface area contributed by atoms with Crippen molar-refractivity contribution >= 4 is 58.2 Å². The first-order chi connectivity index (χ1) is 17.1. The third-order valence-corrected chi connectivity index (χ3v) is 5.54. The minimum atomic E-state index is -1.27. The van der Waals surface area contributed by atoms with E-state index in [0.717, 1.165) is 10.8 Å². The normalized spacial score (nSPS) is 11.9. The van der Waals surface area contributed by atoms with Crippen molar-refractivity contribution in [3.63, 3.8) is 0 Å². The number of aliphatic hydroxyl groups excluding tert-OH is 1. The minimum Gasteiger partial charge on any atom is -0.490 e. The third kappa shape index (κ3) is 8.05. The van der Waals surface area contributed by atoms with Gasteiger partial charge in [-0.05, 0) is 25.3 Å². The Labute approximate surface area is 225 Å². The van der Waals surface area contributed by atoms with Crippen LogP contribution in [0.15, 0.2) is 42.5 Å². The van der Waals surface area contributed by atoms with E-state index in [4.69, 9.17) is 27.8 Å². The summed E-state index contributed by atoms with van der Waals surface area (Å²) in [6, 6.07) is 13.6. The number of carbonyl (C=O) groups is 2. The number of nitrogens with one attached hydrogen (secondary N) is 3. The molecule has 3 aromatic rings. The highest BCUT2D eigenvalue weighted by Gasteiger charge is 2.31. The van der Waals surface area contributed by atoms with Gasteiger partial charge in [0.2, 0.25) is 5.91 Å². The molecule has 2 aromatic carbocycles. The van der Waals surface area contributed by atoms with E-state index in [1.165, 1.54) is 13.8 Å². The van der Waals surface area contributed by atoms with E-state index < -0.39 is 23.5 Å². The van der Waals surface area contributed by atoms with Crippen LogP contribution in [0.4, 0.5) is 11.6 Å². The van der Waals surface area contributed by atoms with E-state index in [1.807, 2.05) is 42.5 Å². The van der Waals surface area contributed by atoms with Gasteiger partial charge in [-0.15, -0.1) is 12.4 Å². The molecule has 13 heteroatoms. The molecular formula is C24H31Cl2N7O4. The molecule has 0 spiro atoms. The van der Waals surface area contributed by atoms with Gasteiger partial charge < -0.3 is 37.3 Å². The van der Waals surface area contributed by atoms with Gasteiger partial charge in [-0.3, -0.25) is 9.59 Å². The maximum Gasteiger partial charge on any atom is 0.274 e. The van der Waals surface area contributed by atoms with Gasteiger partial charge in [0.05, 0.1) is 0 Å². The smallest absolute Gasteiger partial charge is 0.274 e. The molecule has 0 aliphatic carbocycles. The highest BCUT2D eigenvalue weighted by molar-refractivity contribution is 6.31. The molecule has 0 unspecified atom stereocenters. The first-order valence-corrected chi connectivity index (χ1v) is 11.6. The lowest BCUT2D eigenvalue weighted by molar-refractivity contribution is -0.126. The Bertz CT molecular complexity index is 1240. The number of benzene rings is 2.